The van der Waals surface area contributed by atoms with E-state index in [1.165, 1.54) is 37.1 Å². The third kappa shape index (κ3) is 1.74. The number of nitrogens with one attached hydrogen (secondary N) is 1. The fourth-order valence-corrected chi connectivity index (χ4v) is 6.99. The van der Waals surface area contributed by atoms with Gasteiger partial charge in [-0.2, -0.15) is 5.10 Å². The van der Waals surface area contributed by atoms with Crippen LogP contribution in [0.1, 0.15) is 59.3 Å². The molecule has 1 N–H and O–H groups in total. The molecule has 3 fully saturated rings. The van der Waals surface area contributed by atoms with E-state index in [2.05, 4.69) is 31.3 Å². The molecular formula is C17H26N2OS. The van der Waals surface area contributed by atoms with Gasteiger partial charge in [-0.1, -0.05) is 45.4 Å². The number of carbonyl (C=O) groups excluding carboxylic acids is 1. The summed E-state index contributed by atoms with van der Waals surface area (Å²) in [5.41, 5.74) is 3.63. The molecule has 3 saturated carbocycles. The summed E-state index contributed by atoms with van der Waals surface area (Å²) in [5, 5.41) is 5.97. The van der Waals surface area contributed by atoms with E-state index in [1.54, 1.807) is 0 Å². The lowest BCUT2D eigenvalue weighted by Gasteiger charge is -2.38. The van der Waals surface area contributed by atoms with Crippen LogP contribution in [0.15, 0.2) is 5.10 Å². The van der Waals surface area contributed by atoms with Gasteiger partial charge in [0.05, 0.1) is 16.3 Å². The Labute approximate surface area is 131 Å². The van der Waals surface area contributed by atoms with Crippen molar-refractivity contribution in [2.75, 3.05) is 0 Å². The van der Waals surface area contributed by atoms with Gasteiger partial charge in [0, 0.05) is 11.8 Å². The van der Waals surface area contributed by atoms with E-state index in [0.717, 1.165) is 6.42 Å². The number of hydrogen-bond donors (Lipinski definition) is 1. The van der Waals surface area contributed by atoms with E-state index in [1.807, 2.05) is 11.8 Å². The highest BCUT2D eigenvalue weighted by Gasteiger charge is 2.66. The minimum absolute atomic E-state index is 0.132. The molecule has 4 heteroatoms. The Bertz CT molecular complexity index is 515. The maximum atomic E-state index is 12.8. The van der Waals surface area contributed by atoms with E-state index in [-0.39, 0.29) is 22.0 Å². The van der Waals surface area contributed by atoms with Crippen LogP contribution in [-0.4, -0.2) is 22.1 Å². The third-order valence-corrected chi connectivity index (χ3v) is 8.76. The molecule has 3 aliphatic carbocycles. The highest BCUT2D eigenvalue weighted by molar-refractivity contribution is 8.15. The van der Waals surface area contributed by atoms with Gasteiger partial charge < -0.3 is 5.43 Å². The quantitative estimate of drug-likeness (QED) is 0.805. The minimum atomic E-state index is 0.132. The summed E-state index contributed by atoms with van der Waals surface area (Å²) in [5.74, 6) is 1.35. The molecule has 21 heavy (non-hydrogen) atoms. The van der Waals surface area contributed by atoms with E-state index in [0.29, 0.717) is 17.7 Å². The molecule has 116 valence electrons. The van der Waals surface area contributed by atoms with Crippen LogP contribution in [0.4, 0.5) is 0 Å². The van der Waals surface area contributed by atoms with Crippen molar-refractivity contribution in [3.8, 4) is 0 Å². The van der Waals surface area contributed by atoms with Gasteiger partial charge in [-0.15, -0.1) is 0 Å². The van der Waals surface area contributed by atoms with Crippen LogP contribution in [0, 0.1) is 22.7 Å². The van der Waals surface area contributed by atoms with E-state index >= 15 is 0 Å². The van der Waals surface area contributed by atoms with Crippen LogP contribution in [0.3, 0.4) is 0 Å². The Balaban J connectivity index is 1.57. The van der Waals surface area contributed by atoms with E-state index in [9.17, 15) is 4.79 Å². The zero-order chi connectivity index (χ0) is 14.8. The van der Waals surface area contributed by atoms with Crippen molar-refractivity contribution in [1.29, 1.82) is 0 Å². The number of hydrogen-bond acceptors (Lipinski definition) is 4. The van der Waals surface area contributed by atoms with Gasteiger partial charge >= 0.3 is 0 Å². The van der Waals surface area contributed by atoms with Crippen LogP contribution < -0.4 is 5.43 Å². The maximum absolute atomic E-state index is 12.8. The normalized spacial score (nSPS) is 47.2. The number of rotatable bonds is 1. The second-order valence-electron chi connectivity index (χ2n) is 8.21. The number of carbonyl (C=O) groups is 1. The van der Waals surface area contributed by atoms with Crippen molar-refractivity contribution in [3.63, 3.8) is 0 Å². The Morgan fingerprint density at radius 2 is 1.95 bits per heavy atom. The predicted molar refractivity (Wildman–Crippen MR) is 87.3 cm³/mol. The Morgan fingerprint density at radius 3 is 2.67 bits per heavy atom. The van der Waals surface area contributed by atoms with Gasteiger partial charge in [0.2, 0.25) is 0 Å². The van der Waals surface area contributed by atoms with Crippen LogP contribution in [0.2, 0.25) is 0 Å². The van der Waals surface area contributed by atoms with E-state index in [4.69, 9.17) is 0 Å². The molecule has 5 atom stereocenters. The molecule has 1 aliphatic heterocycles. The number of ketones is 1. The summed E-state index contributed by atoms with van der Waals surface area (Å²) in [7, 11) is 0. The van der Waals surface area contributed by atoms with Crippen molar-refractivity contribution in [2.24, 2.45) is 27.8 Å². The van der Waals surface area contributed by atoms with Gasteiger partial charge in [0.1, 0.15) is 5.78 Å². The SMILES string of the molecule is CC1(C)[C@H]2CC[C@]1(C)[C@H](SC1=NN[C@H]3CCCC[C@H]13)C2=O. The second kappa shape index (κ2) is 4.50. The van der Waals surface area contributed by atoms with Gasteiger partial charge in [-0.05, 0) is 36.5 Å². The number of hydrazone groups is 1. The van der Waals surface area contributed by atoms with Crippen molar-refractivity contribution in [1.82, 2.24) is 5.43 Å². The zero-order valence-electron chi connectivity index (χ0n) is 13.3. The summed E-state index contributed by atoms with van der Waals surface area (Å²) < 4.78 is 0. The first-order chi connectivity index (χ1) is 9.95. The van der Waals surface area contributed by atoms with Crippen molar-refractivity contribution >= 4 is 22.6 Å². The fraction of sp³-hybridized carbons (Fsp3) is 0.882. The first-order valence-electron chi connectivity index (χ1n) is 8.48. The molecule has 0 aromatic rings. The molecule has 0 spiro atoms. The first-order valence-corrected chi connectivity index (χ1v) is 9.36. The zero-order valence-corrected chi connectivity index (χ0v) is 14.1. The smallest absolute Gasteiger partial charge is 0.150 e. The number of Topliss-reactive ketones (excluding diaryl/α,β-unsaturated/α-hetero) is 1. The summed E-state index contributed by atoms with van der Waals surface area (Å²) >= 11 is 1.81. The Kier molecular flexibility index (Phi) is 3.02. The average Bonchev–Trinajstić information content (AvgIpc) is 2.99. The number of thioether (sulfide) groups is 1. The predicted octanol–water partition coefficient (Wildman–Crippen LogP) is 3.59. The lowest BCUT2D eigenvalue weighted by molar-refractivity contribution is -0.122. The minimum Gasteiger partial charge on any atom is -0.306 e. The number of nitrogens with zero attached hydrogens (tertiary/aromatic N) is 1. The second-order valence-corrected chi connectivity index (χ2v) is 9.33. The van der Waals surface area contributed by atoms with Crippen molar-refractivity contribution in [2.45, 2.75) is 70.6 Å². The van der Waals surface area contributed by atoms with E-state index < -0.39 is 0 Å². The van der Waals surface area contributed by atoms with Crippen molar-refractivity contribution in [3.05, 3.63) is 0 Å². The standard InChI is InChI=1S/C17H26N2OS/c1-16(2)11-8-9-17(16,3)14(13(11)20)21-15-10-6-4-5-7-12(10)18-19-15/h10-12,14,18H,4-9H2,1-3H3/t10-,11-,12-,14+,17+/m0/s1. The molecule has 0 amide bonds. The highest BCUT2D eigenvalue weighted by Crippen LogP contribution is 2.67. The fourth-order valence-electron chi connectivity index (χ4n) is 5.22. The van der Waals surface area contributed by atoms with Gasteiger partial charge in [-0.25, -0.2) is 0 Å². The summed E-state index contributed by atoms with van der Waals surface area (Å²) in [6, 6.07) is 0.538. The molecule has 0 aromatic heterocycles. The molecular weight excluding hydrogens is 280 g/mol. The molecule has 2 bridgehead atoms. The lowest BCUT2D eigenvalue weighted by atomic mass is 9.71. The van der Waals surface area contributed by atoms with Crippen LogP contribution in [-0.2, 0) is 4.79 Å². The summed E-state index contributed by atoms with van der Waals surface area (Å²) in [6.07, 6.45) is 7.40. The molecule has 4 aliphatic rings. The summed E-state index contributed by atoms with van der Waals surface area (Å²) in [4.78, 5) is 12.8. The largest absolute Gasteiger partial charge is 0.306 e. The maximum Gasteiger partial charge on any atom is 0.150 e. The van der Waals surface area contributed by atoms with Crippen LogP contribution in [0.25, 0.3) is 0 Å². The van der Waals surface area contributed by atoms with Crippen LogP contribution >= 0.6 is 11.8 Å². The summed E-state index contributed by atoms with van der Waals surface area (Å²) in [6.45, 7) is 6.96. The highest BCUT2D eigenvalue weighted by atomic mass is 32.2. The van der Waals surface area contributed by atoms with Gasteiger partial charge in [0.25, 0.3) is 0 Å². The van der Waals surface area contributed by atoms with Crippen molar-refractivity contribution < 1.29 is 4.79 Å². The van der Waals surface area contributed by atoms with Crippen LogP contribution in [0.5, 0.6) is 0 Å². The Hall–Kier alpha value is -0.510. The molecule has 0 aromatic carbocycles. The first kappa shape index (κ1) is 14.1. The average molecular weight is 306 g/mol. The molecule has 0 saturated heterocycles. The third-order valence-electron chi connectivity index (χ3n) is 7.14. The lowest BCUT2D eigenvalue weighted by Crippen LogP contribution is -2.38. The Morgan fingerprint density at radius 1 is 1.19 bits per heavy atom. The molecule has 4 rings (SSSR count). The topological polar surface area (TPSA) is 41.5 Å². The molecule has 3 nitrogen and oxygen atoms in total. The van der Waals surface area contributed by atoms with Gasteiger partial charge in [0.15, 0.2) is 0 Å². The molecule has 0 unspecified atom stereocenters. The van der Waals surface area contributed by atoms with Gasteiger partial charge in [-0.3, -0.25) is 4.79 Å². The monoisotopic (exact) mass is 306 g/mol. The molecule has 1 heterocycles. The number of fused-ring (bicyclic) bond motifs is 3. The molecule has 0 radical (unpaired) electrons.